The number of hydrogen-bond donors (Lipinski definition) is 1. The molecular formula is C10H8ClFN2. The Morgan fingerprint density at radius 1 is 1.43 bits per heavy atom. The Morgan fingerprint density at radius 3 is 2.79 bits per heavy atom. The first-order valence-corrected chi connectivity index (χ1v) is 4.51. The Morgan fingerprint density at radius 2 is 2.21 bits per heavy atom. The summed E-state index contributed by atoms with van der Waals surface area (Å²) < 4.78 is 12.9. The Hall–Kier alpha value is -1.35. The second kappa shape index (κ2) is 3.42. The van der Waals surface area contributed by atoms with Crippen LogP contribution in [0.1, 0.15) is 5.69 Å². The molecule has 2 nitrogen and oxygen atoms in total. The summed E-state index contributed by atoms with van der Waals surface area (Å²) in [4.78, 5) is 0. The number of aromatic amines is 1. The summed E-state index contributed by atoms with van der Waals surface area (Å²) in [7, 11) is 0. The van der Waals surface area contributed by atoms with Crippen LogP contribution in [-0.4, -0.2) is 10.2 Å². The number of aromatic nitrogens is 2. The van der Waals surface area contributed by atoms with Crippen molar-refractivity contribution in [3.05, 3.63) is 40.9 Å². The maximum absolute atomic E-state index is 12.9. The van der Waals surface area contributed by atoms with Gasteiger partial charge in [0, 0.05) is 11.3 Å². The molecule has 0 bridgehead atoms. The molecule has 72 valence electrons. The number of rotatable bonds is 1. The highest BCUT2D eigenvalue weighted by Crippen LogP contribution is 2.25. The molecule has 0 unspecified atom stereocenters. The highest BCUT2D eigenvalue weighted by Gasteiger charge is 2.06. The summed E-state index contributed by atoms with van der Waals surface area (Å²) in [5, 5.41) is 6.83. The average Bonchev–Trinajstić information content (AvgIpc) is 2.57. The van der Waals surface area contributed by atoms with Crippen molar-refractivity contribution in [2.45, 2.75) is 6.92 Å². The van der Waals surface area contributed by atoms with Gasteiger partial charge in [0.1, 0.15) is 5.82 Å². The standard InChI is InChI=1S/C10H8ClFN2/c1-6-8(5-13-14-6)7-2-3-10(12)9(11)4-7/h2-5H,1H3,(H,13,14). The molecule has 1 aromatic carbocycles. The topological polar surface area (TPSA) is 28.7 Å². The van der Waals surface area contributed by atoms with Crippen molar-refractivity contribution in [2.24, 2.45) is 0 Å². The van der Waals surface area contributed by atoms with Crippen molar-refractivity contribution in [3.8, 4) is 11.1 Å². The Labute approximate surface area is 85.7 Å². The van der Waals surface area contributed by atoms with Crippen molar-refractivity contribution in [3.63, 3.8) is 0 Å². The molecule has 1 aromatic heterocycles. The normalized spacial score (nSPS) is 10.5. The molecule has 1 N–H and O–H groups in total. The van der Waals surface area contributed by atoms with Crippen LogP contribution in [-0.2, 0) is 0 Å². The second-order valence-electron chi connectivity index (χ2n) is 3.04. The zero-order valence-electron chi connectivity index (χ0n) is 7.51. The Balaban J connectivity index is 2.53. The summed E-state index contributed by atoms with van der Waals surface area (Å²) in [5.74, 6) is -0.406. The molecule has 0 aliphatic rings. The number of benzene rings is 1. The fraction of sp³-hybridized carbons (Fsp3) is 0.100. The van der Waals surface area contributed by atoms with E-state index in [2.05, 4.69) is 10.2 Å². The first-order chi connectivity index (χ1) is 6.68. The predicted molar refractivity (Wildman–Crippen MR) is 53.7 cm³/mol. The minimum atomic E-state index is -0.406. The van der Waals surface area contributed by atoms with Gasteiger partial charge in [-0.15, -0.1) is 0 Å². The maximum Gasteiger partial charge on any atom is 0.141 e. The van der Waals surface area contributed by atoms with E-state index in [1.54, 1.807) is 18.3 Å². The number of nitrogens with one attached hydrogen (secondary N) is 1. The van der Waals surface area contributed by atoms with Crippen LogP contribution >= 0.6 is 11.6 Å². The van der Waals surface area contributed by atoms with Crippen molar-refractivity contribution >= 4 is 11.6 Å². The van der Waals surface area contributed by atoms with Crippen molar-refractivity contribution in [1.29, 1.82) is 0 Å². The molecular weight excluding hydrogens is 203 g/mol. The van der Waals surface area contributed by atoms with Gasteiger partial charge in [-0.1, -0.05) is 17.7 Å². The zero-order valence-corrected chi connectivity index (χ0v) is 8.27. The minimum Gasteiger partial charge on any atom is -0.282 e. The molecule has 0 aliphatic heterocycles. The SMILES string of the molecule is Cc1[nH]ncc1-c1ccc(F)c(Cl)c1. The maximum atomic E-state index is 12.9. The van der Waals surface area contributed by atoms with Crippen molar-refractivity contribution < 1.29 is 4.39 Å². The van der Waals surface area contributed by atoms with Gasteiger partial charge < -0.3 is 0 Å². The van der Waals surface area contributed by atoms with Crippen molar-refractivity contribution in [2.75, 3.05) is 0 Å². The fourth-order valence-electron chi connectivity index (χ4n) is 1.31. The van der Waals surface area contributed by atoms with E-state index in [0.29, 0.717) is 0 Å². The van der Waals surface area contributed by atoms with Gasteiger partial charge in [0.05, 0.1) is 11.2 Å². The molecule has 2 rings (SSSR count). The fourth-order valence-corrected chi connectivity index (χ4v) is 1.49. The largest absolute Gasteiger partial charge is 0.282 e. The van der Waals surface area contributed by atoms with Crippen LogP contribution in [0, 0.1) is 12.7 Å². The molecule has 0 fully saturated rings. The van der Waals surface area contributed by atoms with Gasteiger partial charge in [-0.3, -0.25) is 5.10 Å². The van der Waals surface area contributed by atoms with E-state index in [-0.39, 0.29) is 5.02 Å². The number of nitrogens with zero attached hydrogens (tertiary/aromatic N) is 1. The average molecular weight is 211 g/mol. The van der Waals surface area contributed by atoms with Gasteiger partial charge in [-0.2, -0.15) is 5.10 Å². The predicted octanol–water partition coefficient (Wildman–Crippen LogP) is 3.18. The van der Waals surface area contributed by atoms with Gasteiger partial charge in [0.15, 0.2) is 0 Å². The zero-order chi connectivity index (χ0) is 10.1. The van der Waals surface area contributed by atoms with Crippen molar-refractivity contribution in [1.82, 2.24) is 10.2 Å². The third-order valence-electron chi connectivity index (χ3n) is 2.06. The highest BCUT2D eigenvalue weighted by molar-refractivity contribution is 6.31. The minimum absolute atomic E-state index is 0.128. The number of H-pyrrole nitrogens is 1. The molecule has 0 atom stereocenters. The van der Waals surface area contributed by atoms with Crippen LogP contribution in [0.3, 0.4) is 0 Å². The first kappa shape index (κ1) is 9.21. The van der Waals surface area contributed by atoms with E-state index in [1.165, 1.54) is 6.07 Å². The molecule has 0 saturated heterocycles. The Kier molecular flexibility index (Phi) is 2.25. The lowest BCUT2D eigenvalue weighted by molar-refractivity contribution is 0.628. The van der Waals surface area contributed by atoms with E-state index in [0.717, 1.165) is 16.8 Å². The number of hydrogen-bond acceptors (Lipinski definition) is 1. The summed E-state index contributed by atoms with van der Waals surface area (Å²) >= 11 is 5.68. The van der Waals surface area contributed by atoms with Gasteiger partial charge >= 0.3 is 0 Å². The van der Waals surface area contributed by atoms with Gasteiger partial charge in [-0.05, 0) is 24.6 Å². The molecule has 1 heterocycles. The van der Waals surface area contributed by atoms with Crippen LogP contribution < -0.4 is 0 Å². The molecule has 0 aliphatic carbocycles. The molecule has 0 saturated carbocycles. The molecule has 0 amide bonds. The quantitative estimate of drug-likeness (QED) is 0.770. The first-order valence-electron chi connectivity index (χ1n) is 4.14. The van der Waals surface area contributed by atoms with Gasteiger partial charge in [0.25, 0.3) is 0 Å². The van der Waals surface area contributed by atoms with Crippen LogP contribution in [0.25, 0.3) is 11.1 Å². The van der Waals surface area contributed by atoms with E-state index in [4.69, 9.17) is 11.6 Å². The summed E-state index contributed by atoms with van der Waals surface area (Å²) in [6.45, 7) is 1.90. The lowest BCUT2D eigenvalue weighted by Crippen LogP contribution is -1.81. The monoisotopic (exact) mass is 210 g/mol. The van der Waals surface area contributed by atoms with Crippen LogP contribution in [0.5, 0.6) is 0 Å². The van der Waals surface area contributed by atoms with Crippen LogP contribution in [0.2, 0.25) is 5.02 Å². The van der Waals surface area contributed by atoms with E-state index >= 15 is 0 Å². The van der Waals surface area contributed by atoms with E-state index in [1.807, 2.05) is 6.92 Å². The highest BCUT2D eigenvalue weighted by atomic mass is 35.5. The van der Waals surface area contributed by atoms with E-state index < -0.39 is 5.82 Å². The molecule has 0 radical (unpaired) electrons. The van der Waals surface area contributed by atoms with Crippen LogP contribution in [0.15, 0.2) is 24.4 Å². The molecule has 14 heavy (non-hydrogen) atoms. The molecule has 0 spiro atoms. The third-order valence-corrected chi connectivity index (χ3v) is 2.35. The lowest BCUT2D eigenvalue weighted by atomic mass is 10.1. The molecule has 4 heteroatoms. The number of aryl methyl sites for hydroxylation is 1. The summed E-state index contributed by atoms with van der Waals surface area (Å²) in [6.07, 6.45) is 1.69. The second-order valence-corrected chi connectivity index (χ2v) is 3.44. The van der Waals surface area contributed by atoms with E-state index in [9.17, 15) is 4.39 Å². The summed E-state index contributed by atoms with van der Waals surface area (Å²) in [6, 6.07) is 4.62. The number of halogens is 2. The van der Waals surface area contributed by atoms with Gasteiger partial charge in [0.2, 0.25) is 0 Å². The lowest BCUT2D eigenvalue weighted by Gasteiger charge is -2.00. The smallest absolute Gasteiger partial charge is 0.141 e. The third kappa shape index (κ3) is 1.51. The Bertz CT molecular complexity index is 465. The molecule has 2 aromatic rings. The summed E-state index contributed by atoms with van der Waals surface area (Å²) in [5.41, 5.74) is 2.74. The van der Waals surface area contributed by atoms with Gasteiger partial charge in [-0.25, -0.2) is 4.39 Å². The van der Waals surface area contributed by atoms with Crippen LogP contribution in [0.4, 0.5) is 4.39 Å².